The van der Waals surface area contributed by atoms with Crippen molar-refractivity contribution in [2.45, 2.75) is 27.7 Å². The molecule has 0 spiro atoms. The number of likely N-dealkylation sites (N-methyl/N-ethyl adjacent to an activating group) is 1. The monoisotopic (exact) mass is 426 g/mol. The zero-order valence-corrected chi connectivity index (χ0v) is 19.3. The van der Waals surface area contributed by atoms with Gasteiger partial charge in [0.2, 0.25) is 5.91 Å². The predicted molar refractivity (Wildman–Crippen MR) is 128 cm³/mol. The maximum absolute atomic E-state index is 12.1. The van der Waals surface area contributed by atoms with Crippen LogP contribution in [0.25, 0.3) is 17.2 Å². The van der Waals surface area contributed by atoms with E-state index in [4.69, 9.17) is 0 Å². The lowest BCUT2D eigenvalue weighted by Gasteiger charge is -2.18. The normalized spacial score (nSPS) is 11.9. The topological polar surface area (TPSA) is 32.3 Å². The molecule has 154 valence electrons. The van der Waals surface area contributed by atoms with E-state index in [-0.39, 0.29) is 11.3 Å². The molecule has 0 bridgehead atoms. The predicted octanol–water partition coefficient (Wildman–Crippen LogP) is 5.53. The fourth-order valence-corrected chi connectivity index (χ4v) is 3.95. The van der Waals surface area contributed by atoms with Crippen molar-refractivity contribution in [3.05, 3.63) is 51.4 Å². The van der Waals surface area contributed by atoms with Gasteiger partial charge in [0.05, 0.1) is 0 Å². The second kappa shape index (κ2) is 11.8. The number of carbonyl (C=O) groups is 1. The van der Waals surface area contributed by atoms with Crippen molar-refractivity contribution in [3.63, 3.8) is 0 Å². The third-order valence-corrected chi connectivity index (χ3v) is 5.64. The number of thiophene rings is 2. The Morgan fingerprint density at radius 2 is 2.10 bits per heavy atom. The second-order valence-corrected chi connectivity index (χ2v) is 9.41. The van der Waals surface area contributed by atoms with Gasteiger partial charge in [0.15, 0.2) is 0 Å². The molecule has 2 heterocycles. The smallest absolute Gasteiger partial charge is 0.244 e. The van der Waals surface area contributed by atoms with Crippen LogP contribution in [0.4, 0.5) is 0 Å². The molecule has 1 amide bonds. The molecule has 2 rings (SSSR count). The molecule has 0 atom stereocenters. The van der Waals surface area contributed by atoms with Gasteiger partial charge in [0.1, 0.15) is 0 Å². The number of nitrogens with zero attached hydrogens (tertiary/aromatic N) is 1. The molecule has 2 aromatic rings. The van der Waals surface area contributed by atoms with Gasteiger partial charge in [-0.3, -0.25) is 9.69 Å². The molecule has 0 aliphatic heterocycles. The van der Waals surface area contributed by atoms with Gasteiger partial charge in [0.25, 0.3) is 0 Å². The first-order valence-corrected chi connectivity index (χ1v) is 11.7. The van der Waals surface area contributed by atoms with Gasteiger partial charge in [-0.25, -0.2) is 0 Å². The Hall–Kier alpha value is -2.13. The Balaban J connectivity index is 1.71. The average molecular weight is 427 g/mol. The van der Waals surface area contributed by atoms with Crippen LogP contribution < -0.4 is 5.32 Å². The summed E-state index contributed by atoms with van der Waals surface area (Å²) in [7, 11) is 0. The summed E-state index contributed by atoms with van der Waals surface area (Å²) in [4.78, 5) is 15.4. The summed E-state index contributed by atoms with van der Waals surface area (Å²) in [6.07, 6.45) is 7.48. The average Bonchev–Trinajstić information content (AvgIpc) is 3.35. The van der Waals surface area contributed by atoms with Crippen LogP contribution in [-0.2, 0) is 4.79 Å². The van der Waals surface area contributed by atoms with E-state index in [9.17, 15) is 4.79 Å². The van der Waals surface area contributed by atoms with E-state index in [0.29, 0.717) is 6.54 Å². The molecule has 29 heavy (non-hydrogen) atoms. The van der Waals surface area contributed by atoms with Crippen LogP contribution in [-0.4, -0.2) is 37.0 Å². The zero-order chi connectivity index (χ0) is 21.1. The van der Waals surface area contributed by atoms with E-state index < -0.39 is 0 Å². The molecule has 0 saturated carbocycles. The molecule has 0 unspecified atom stereocenters. The van der Waals surface area contributed by atoms with E-state index in [0.717, 1.165) is 24.5 Å². The number of hydrogen-bond donors (Lipinski definition) is 1. The number of allylic oxidation sites excluding steroid dienone is 1. The number of hydrogen-bond acceptors (Lipinski definition) is 4. The minimum Gasteiger partial charge on any atom is -0.351 e. The molecule has 0 aliphatic rings. The summed E-state index contributed by atoms with van der Waals surface area (Å²) in [5.74, 6) is 6.22. The number of carbonyl (C=O) groups excluding carboxylic acids is 1. The molecule has 0 aliphatic carbocycles. The van der Waals surface area contributed by atoms with Crippen molar-refractivity contribution < 1.29 is 4.79 Å². The minimum absolute atomic E-state index is 0.0289. The van der Waals surface area contributed by atoms with E-state index in [1.54, 1.807) is 28.7 Å². The lowest BCUT2D eigenvalue weighted by atomic mass is 9.98. The highest BCUT2D eigenvalue weighted by molar-refractivity contribution is 7.11. The largest absolute Gasteiger partial charge is 0.351 e. The Bertz CT molecular complexity index is 874. The SMILES string of the molecule is CCN(C/C=C/C#CC(C)(C)C)CCNC(=O)/C=C/c1cc(-c2ccsc2)cs1. The van der Waals surface area contributed by atoms with Gasteiger partial charge in [-0.05, 0) is 78.9 Å². The van der Waals surface area contributed by atoms with Crippen LogP contribution in [0.15, 0.2) is 46.5 Å². The van der Waals surface area contributed by atoms with Crippen molar-refractivity contribution in [1.82, 2.24) is 10.2 Å². The summed E-state index contributed by atoms with van der Waals surface area (Å²) in [5, 5.41) is 9.29. The van der Waals surface area contributed by atoms with Crippen molar-refractivity contribution >= 4 is 34.7 Å². The van der Waals surface area contributed by atoms with Crippen LogP contribution in [0, 0.1) is 17.3 Å². The first kappa shape index (κ1) is 23.2. The molecule has 2 aromatic heterocycles. The third-order valence-electron chi connectivity index (χ3n) is 4.06. The number of amides is 1. The lowest BCUT2D eigenvalue weighted by Crippen LogP contribution is -2.34. The van der Waals surface area contributed by atoms with Gasteiger partial charge >= 0.3 is 0 Å². The molecule has 5 heteroatoms. The van der Waals surface area contributed by atoms with Gasteiger partial charge in [0, 0.05) is 36.0 Å². The lowest BCUT2D eigenvalue weighted by molar-refractivity contribution is -0.116. The highest BCUT2D eigenvalue weighted by Crippen LogP contribution is 2.27. The Morgan fingerprint density at radius 1 is 1.28 bits per heavy atom. The van der Waals surface area contributed by atoms with Crippen LogP contribution in [0.5, 0.6) is 0 Å². The fraction of sp³-hybridized carbons (Fsp3) is 0.375. The van der Waals surface area contributed by atoms with Gasteiger partial charge < -0.3 is 5.32 Å². The standard InChI is InChI=1S/C24H30N2OS2/c1-5-26(14-8-6-7-12-24(2,3)4)15-13-25-23(27)10-9-22-17-21(19-29-22)20-11-16-28-18-20/h6,8-11,16-19H,5,13-15H2,1-4H3,(H,25,27)/b8-6+,10-9+. The molecule has 0 radical (unpaired) electrons. The first-order chi connectivity index (χ1) is 13.9. The van der Waals surface area contributed by atoms with E-state index >= 15 is 0 Å². The van der Waals surface area contributed by atoms with Gasteiger partial charge in [-0.15, -0.1) is 11.3 Å². The molecule has 3 nitrogen and oxygen atoms in total. The molecular formula is C24H30N2OS2. The number of nitrogens with one attached hydrogen (secondary N) is 1. The summed E-state index contributed by atoms with van der Waals surface area (Å²) in [6.45, 7) is 11.6. The van der Waals surface area contributed by atoms with E-state index in [1.165, 1.54) is 11.1 Å². The maximum atomic E-state index is 12.1. The van der Waals surface area contributed by atoms with Gasteiger partial charge in [-0.2, -0.15) is 11.3 Å². The summed E-state index contributed by atoms with van der Waals surface area (Å²) in [6, 6.07) is 4.23. The Kier molecular flexibility index (Phi) is 9.40. The summed E-state index contributed by atoms with van der Waals surface area (Å²) >= 11 is 3.34. The molecule has 0 fully saturated rings. The summed E-state index contributed by atoms with van der Waals surface area (Å²) in [5.41, 5.74) is 2.46. The molecule has 1 N–H and O–H groups in total. The Morgan fingerprint density at radius 3 is 2.79 bits per heavy atom. The summed E-state index contributed by atoms with van der Waals surface area (Å²) < 4.78 is 0. The first-order valence-electron chi connectivity index (χ1n) is 9.84. The fourth-order valence-electron chi connectivity index (χ4n) is 2.47. The van der Waals surface area contributed by atoms with Crippen molar-refractivity contribution in [2.75, 3.05) is 26.2 Å². The third kappa shape index (κ3) is 9.27. The molecule has 0 saturated heterocycles. The van der Waals surface area contributed by atoms with Crippen molar-refractivity contribution in [3.8, 4) is 23.0 Å². The van der Waals surface area contributed by atoms with Gasteiger partial charge in [-0.1, -0.05) is 24.8 Å². The minimum atomic E-state index is -0.0573. The van der Waals surface area contributed by atoms with E-state index in [1.807, 2.05) is 12.2 Å². The molecular weight excluding hydrogens is 396 g/mol. The number of rotatable bonds is 9. The van der Waals surface area contributed by atoms with Crippen molar-refractivity contribution in [1.29, 1.82) is 0 Å². The van der Waals surface area contributed by atoms with Crippen LogP contribution >= 0.6 is 22.7 Å². The van der Waals surface area contributed by atoms with Crippen LogP contribution in [0.3, 0.4) is 0 Å². The molecule has 0 aromatic carbocycles. The zero-order valence-electron chi connectivity index (χ0n) is 17.7. The highest BCUT2D eigenvalue weighted by Gasteiger charge is 2.04. The van der Waals surface area contributed by atoms with Crippen LogP contribution in [0.2, 0.25) is 0 Å². The maximum Gasteiger partial charge on any atom is 0.244 e. The van der Waals surface area contributed by atoms with E-state index in [2.05, 4.69) is 84.1 Å². The van der Waals surface area contributed by atoms with Crippen molar-refractivity contribution in [2.24, 2.45) is 5.41 Å². The van der Waals surface area contributed by atoms with Crippen LogP contribution in [0.1, 0.15) is 32.6 Å². The quantitative estimate of drug-likeness (QED) is 0.422. The Labute approximate surface area is 183 Å². The highest BCUT2D eigenvalue weighted by atomic mass is 32.1. The second-order valence-electron chi connectivity index (χ2n) is 7.69.